The number of amides is 2. The van der Waals surface area contributed by atoms with Gasteiger partial charge in [-0.3, -0.25) is 14.4 Å². The summed E-state index contributed by atoms with van der Waals surface area (Å²) in [5.74, 6) is -0.332. The van der Waals surface area contributed by atoms with Crippen LogP contribution in [0.15, 0.2) is 50.1 Å². The van der Waals surface area contributed by atoms with Crippen molar-refractivity contribution in [2.24, 2.45) is 10.8 Å². The summed E-state index contributed by atoms with van der Waals surface area (Å²) < 4.78 is 4.61. The lowest BCUT2D eigenvalue weighted by Crippen LogP contribution is -2.63. The van der Waals surface area contributed by atoms with Gasteiger partial charge >= 0.3 is 5.97 Å². The van der Waals surface area contributed by atoms with Gasteiger partial charge in [0.1, 0.15) is 5.66 Å². The number of allylic oxidation sites excluding steroid dienone is 2. The predicted octanol–water partition coefficient (Wildman–Crippen LogP) is 10.2. The number of ether oxygens (including phenoxy) is 1. The topological polar surface area (TPSA) is 75.7 Å². The Hall–Kier alpha value is -2.63. The quantitative estimate of drug-likeness (QED) is 0.0977. The molecular weight excluding hydrogens is 536 g/mol. The Morgan fingerprint density at radius 1 is 0.953 bits per heavy atom. The van der Waals surface area contributed by atoms with Crippen molar-refractivity contribution in [3.8, 4) is 0 Å². The number of carbonyl (C=O) groups excluding carboxylic acids is 3. The van der Waals surface area contributed by atoms with Crippen LogP contribution in [0.2, 0.25) is 0 Å². The molecule has 1 N–H and O–H groups in total. The number of carbonyl (C=O) groups is 3. The van der Waals surface area contributed by atoms with Crippen molar-refractivity contribution >= 4 is 18.3 Å². The first-order valence-electron chi connectivity index (χ1n) is 15.7. The third kappa shape index (κ3) is 35.5. The van der Waals surface area contributed by atoms with Crippen LogP contribution < -0.4 is 5.32 Å². The zero-order chi connectivity index (χ0) is 35.4. The fraction of sp³-hybridized carbons (Fsp3) is 0.703. The summed E-state index contributed by atoms with van der Waals surface area (Å²) in [5.41, 5.74) is 0.994. The van der Waals surface area contributed by atoms with Gasteiger partial charge in [-0.15, -0.1) is 19.7 Å². The lowest BCUT2D eigenvalue weighted by atomic mass is 9.84. The van der Waals surface area contributed by atoms with E-state index in [-0.39, 0.29) is 29.4 Å². The molecule has 0 bridgehead atoms. The Bertz CT molecular complexity index is 766. The minimum Gasteiger partial charge on any atom is -0.463 e. The van der Waals surface area contributed by atoms with Gasteiger partial charge in [0.25, 0.3) is 0 Å². The molecule has 0 spiro atoms. The Labute approximate surface area is 268 Å². The van der Waals surface area contributed by atoms with Gasteiger partial charge in [0, 0.05) is 20.3 Å². The van der Waals surface area contributed by atoms with E-state index in [0.29, 0.717) is 18.3 Å². The van der Waals surface area contributed by atoms with E-state index in [2.05, 4.69) is 98.7 Å². The summed E-state index contributed by atoms with van der Waals surface area (Å²) in [5, 5.41) is 3.10. The smallest absolute Gasteiger partial charge is 0.302 e. The summed E-state index contributed by atoms with van der Waals surface area (Å²) in [6.45, 7) is 43.5. The number of esters is 1. The summed E-state index contributed by atoms with van der Waals surface area (Å²) in [6.07, 6.45) is 11.5. The third-order valence-electron chi connectivity index (χ3n) is 5.20. The highest BCUT2D eigenvalue weighted by Crippen LogP contribution is 2.32. The Morgan fingerprint density at radius 2 is 1.40 bits per heavy atom. The van der Waals surface area contributed by atoms with E-state index in [0.717, 1.165) is 37.7 Å². The molecule has 0 rings (SSSR count). The molecular formula is C37H72N2O4. The van der Waals surface area contributed by atoms with Crippen LogP contribution in [0, 0.1) is 10.8 Å². The number of hydrogen-bond acceptors (Lipinski definition) is 4. The predicted molar refractivity (Wildman–Crippen MR) is 190 cm³/mol. The van der Waals surface area contributed by atoms with Crippen LogP contribution in [0.5, 0.6) is 0 Å². The van der Waals surface area contributed by atoms with Gasteiger partial charge in [0.2, 0.25) is 12.3 Å². The molecule has 2 atom stereocenters. The van der Waals surface area contributed by atoms with Crippen LogP contribution in [-0.4, -0.2) is 41.0 Å². The molecule has 0 aliphatic heterocycles. The molecule has 6 heteroatoms. The lowest BCUT2D eigenvalue weighted by molar-refractivity contribution is -0.144. The van der Waals surface area contributed by atoms with Crippen molar-refractivity contribution in [3.63, 3.8) is 0 Å². The van der Waals surface area contributed by atoms with Crippen molar-refractivity contribution in [2.75, 3.05) is 0 Å². The minimum absolute atomic E-state index is 0.0255. The van der Waals surface area contributed by atoms with Crippen LogP contribution in [0.25, 0.3) is 0 Å². The SMILES string of the molecule is C=C.C=C(CC)C(CCC(C)(C)C)N(C=O)C(CC=CC)(CCC)NC(C)=O.C=CC.CC(=O)OC(C)C.CC(C)(C)C. The van der Waals surface area contributed by atoms with Crippen molar-refractivity contribution in [1.29, 1.82) is 0 Å². The average Bonchev–Trinajstić information content (AvgIpc) is 2.84. The first kappa shape index (κ1) is 50.0. The minimum atomic E-state index is -0.713. The molecule has 0 aliphatic carbocycles. The number of hydrogen-bond donors (Lipinski definition) is 1. The molecule has 2 unspecified atom stereocenters. The van der Waals surface area contributed by atoms with Gasteiger partial charge in [0.05, 0.1) is 12.1 Å². The normalized spacial score (nSPS) is 12.6. The molecule has 0 saturated heterocycles. The van der Waals surface area contributed by atoms with Gasteiger partial charge in [-0.25, -0.2) is 0 Å². The summed E-state index contributed by atoms with van der Waals surface area (Å²) in [7, 11) is 0. The summed E-state index contributed by atoms with van der Waals surface area (Å²) >= 11 is 0. The van der Waals surface area contributed by atoms with E-state index >= 15 is 0 Å². The fourth-order valence-corrected chi connectivity index (χ4v) is 3.72. The van der Waals surface area contributed by atoms with Crippen LogP contribution in [0.4, 0.5) is 0 Å². The van der Waals surface area contributed by atoms with Gasteiger partial charge in [0.15, 0.2) is 0 Å². The van der Waals surface area contributed by atoms with E-state index in [1.165, 1.54) is 13.8 Å². The van der Waals surface area contributed by atoms with E-state index in [4.69, 9.17) is 0 Å². The van der Waals surface area contributed by atoms with Crippen molar-refractivity contribution in [2.45, 2.75) is 160 Å². The average molecular weight is 609 g/mol. The number of nitrogens with zero attached hydrogens (tertiary/aromatic N) is 1. The van der Waals surface area contributed by atoms with Crippen LogP contribution in [-0.2, 0) is 19.1 Å². The Balaban J connectivity index is -0.000000230. The number of rotatable bonds is 13. The second kappa shape index (κ2) is 28.2. The molecule has 0 heterocycles. The molecule has 43 heavy (non-hydrogen) atoms. The van der Waals surface area contributed by atoms with Gasteiger partial charge < -0.3 is 15.0 Å². The summed E-state index contributed by atoms with van der Waals surface area (Å²) in [6, 6.07) is -0.0830. The molecule has 0 aromatic rings. The van der Waals surface area contributed by atoms with Crippen LogP contribution >= 0.6 is 0 Å². The first-order valence-corrected chi connectivity index (χ1v) is 15.7. The largest absolute Gasteiger partial charge is 0.463 e. The van der Waals surface area contributed by atoms with Gasteiger partial charge in [-0.1, -0.05) is 99.1 Å². The van der Waals surface area contributed by atoms with Crippen molar-refractivity contribution in [1.82, 2.24) is 10.2 Å². The van der Waals surface area contributed by atoms with Crippen LogP contribution in [0.1, 0.15) is 142 Å². The standard InChI is InChI=1S/C22H40N2O2.C5H10O2.C5H12.C3H6.C2H4/c1-9-12-15-22(14-10-2,23-19(5)26)24(17-25)20(18(4)11-3)13-16-21(6,7)8;1-4(2)7-5(3)6;1-5(2,3)4;1-3-2;1-2/h9,12,17,20H,4,10-11,13-16H2,1-3,5-8H3,(H,23,26);4H,1-3H3;1-4H3;3H,1H2,2H3;1-2H2. The highest BCUT2D eigenvalue weighted by atomic mass is 16.5. The fourth-order valence-electron chi connectivity index (χ4n) is 3.72. The second-order valence-electron chi connectivity index (χ2n) is 13.4. The number of nitrogens with one attached hydrogen (secondary N) is 1. The molecule has 0 radical (unpaired) electrons. The van der Waals surface area contributed by atoms with E-state index in [1.807, 2.05) is 44.7 Å². The Morgan fingerprint density at radius 3 is 1.63 bits per heavy atom. The van der Waals surface area contributed by atoms with Crippen molar-refractivity contribution in [3.05, 3.63) is 50.1 Å². The maximum Gasteiger partial charge on any atom is 0.302 e. The van der Waals surface area contributed by atoms with E-state index in [9.17, 15) is 14.4 Å². The second-order valence-corrected chi connectivity index (χ2v) is 13.4. The van der Waals surface area contributed by atoms with Crippen molar-refractivity contribution < 1.29 is 19.1 Å². The molecule has 0 saturated carbocycles. The monoisotopic (exact) mass is 609 g/mol. The van der Waals surface area contributed by atoms with Gasteiger partial charge in [-0.05, 0) is 64.2 Å². The van der Waals surface area contributed by atoms with E-state index in [1.54, 1.807) is 6.08 Å². The maximum atomic E-state index is 12.3. The molecule has 2 amide bonds. The highest BCUT2D eigenvalue weighted by Gasteiger charge is 2.40. The molecule has 0 aromatic carbocycles. The van der Waals surface area contributed by atoms with E-state index < -0.39 is 5.66 Å². The lowest BCUT2D eigenvalue weighted by Gasteiger charge is -2.47. The zero-order valence-electron chi connectivity index (χ0n) is 31.1. The van der Waals surface area contributed by atoms with Gasteiger partial charge in [-0.2, -0.15) is 0 Å². The zero-order valence-corrected chi connectivity index (χ0v) is 31.1. The maximum absolute atomic E-state index is 12.3. The Kier molecular flexibility index (Phi) is 32.8. The molecule has 0 fully saturated rings. The molecule has 0 aromatic heterocycles. The highest BCUT2D eigenvalue weighted by molar-refractivity contribution is 5.74. The molecule has 254 valence electrons. The third-order valence-corrected chi connectivity index (χ3v) is 5.20. The van der Waals surface area contributed by atoms with Crippen LogP contribution in [0.3, 0.4) is 0 Å². The first-order chi connectivity index (χ1) is 19.6. The molecule has 6 nitrogen and oxygen atoms in total. The summed E-state index contributed by atoms with van der Waals surface area (Å²) in [4.78, 5) is 36.1. The molecule has 0 aliphatic rings.